The van der Waals surface area contributed by atoms with Crippen LogP contribution in [0.25, 0.3) is 0 Å². The summed E-state index contributed by atoms with van der Waals surface area (Å²) in [5.41, 5.74) is 1.66. The lowest BCUT2D eigenvalue weighted by Gasteiger charge is -2.47. The van der Waals surface area contributed by atoms with Gasteiger partial charge in [0.15, 0.2) is 5.78 Å². The van der Waals surface area contributed by atoms with Crippen molar-refractivity contribution in [2.24, 2.45) is 35.0 Å². The molecule has 3 nitrogen and oxygen atoms in total. The Labute approximate surface area is 138 Å². The minimum atomic E-state index is -1.18. The fourth-order valence-electron chi connectivity index (χ4n) is 6.20. The zero-order valence-corrected chi connectivity index (χ0v) is 14.6. The predicted molar refractivity (Wildman–Crippen MR) is 88.6 cm³/mol. The Balaban J connectivity index is 1.90. The van der Waals surface area contributed by atoms with E-state index in [2.05, 4.69) is 20.4 Å². The molecule has 0 bridgehead atoms. The minimum absolute atomic E-state index is 0.0716. The summed E-state index contributed by atoms with van der Waals surface area (Å²) in [6.07, 6.45) is 1.67. The summed E-state index contributed by atoms with van der Waals surface area (Å²) in [5, 5.41) is 22.2. The molecular weight excluding hydrogens is 288 g/mol. The van der Waals surface area contributed by atoms with Crippen LogP contribution in [-0.4, -0.2) is 27.7 Å². The molecule has 0 saturated heterocycles. The van der Waals surface area contributed by atoms with E-state index in [1.165, 1.54) is 0 Å². The molecule has 0 aromatic rings. The van der Waals surface area contributed by atoms with Crippen molar-refractivity contribution in [3.8, 4) is 0 Å². The Bertz CT molecular complexity index is 639. The first-order valence-corrected chi connectivity index (χ1v) is 8.95. The smallest absolute Gasteiger partial charge is 0.162 e. The van der Waals surface area contributed by atoms with E-state index in [4.69, 9.17) is 0 Å². The lowest BCUT2D eigenvalue weighted by Crippen LogP contribution is -2.55. The number of Topliss-reactive ketones (excluding diaryl/α,β-unsaturated/α-hetero) is 1. The van der Waals surface area contributed by atoms with Crippen LogP contribution in [0.1, 0.15) is 47.0 Å². The zero-order valence-electron chi connectivity index (χ0n) is 14.6. The Morgan fingerprint density at radius 1 is 1.22 bits per heavy atom. The van der Waals surface area contributed by atoms with E-state index in [1.54, 1.807) is 6.92 Å². The van der Waals surface area contributed by atoms with Gasteiger partial charge in [-0.1, -0.05) is 32.9 Å². The maximum Gasteiger partial charge on any atom is 0.162 e. The minimum Gasteiger partial charge on any atom is -0.387 e. The monoisotopic (exact) mass is 316 g/mol. The number of ketones is 1. The molecule has 23 heavy (non-hydrogen) atoms. The number of carbonyl (C=O) groups is 1. The number of hydrogen-bond donors (Lipinski definition) is 2. The second-order valence-electron chi connectivity index (χ2n) is 9.19. The Morgan fingerprint density at radius 2 is 1.87 bits per heavy atom. The summed E-state index contributed by atoms with van der Waals surface area (Å²) in [6.45, 7) is 12.5. The van der Waals surface area contributed by atoms with E-state index >= 15 is 0 Å². The first-order chi connectivity index (χ1) is 10.6. The summed E-state index contributed by atoms with van der Waals surface area (Å²) in [7, 11) is 0. The molecule has 2 saturated carbocycles. The largest absolute Gasteiger partial charge is 0.387 e. The first kappa shape index (κ1) is 15.6. The SMILES string of the molecule is C=C1CC[C@@H]2[C@H]([C@H]3[C@H]1C1=C(C[C@H](C)C1=O)[C@@H](O)[C@]3(C)O)C2(C)C. The third kappa shape index (κ3) is 1.76. The van der Waals surface area contributed by atoms with Gasteiger partial charge in [0.2, 0.25) is 0 Å². The van der Waals surface area contributed by atoms with Crippen LogP contribution in [0, 0.1) is 35.0 Å². The first-order valence-electron chi connectivity index (χ1n) is 8.95. The van der Waals surface area contributed by atoms with Gasteiger partial charge < -0.3 is 10.2 Å². The van der Waals surface area contributed by atoms with Gasteiger partial charge in [-0.2, -0.15) is 0 Å². The second kappa shape index (κ2) is 4.37. The molecule has 0 spiro atoms. The average molecular weight is 316 g/mol. The quantitative estimate of drug-likeness (QED) is 0.676. The molecule has 0 aromatic heterocycles. The van der Waals surface area contributed by atoms with Gasteiger partial charge in [0.05, 0.1) is 5.60 Å². The highest BCUT2D eigenvalue weighted by Crippen LogP contribution is 2.71. The van der Waals surface area contributed by atoms with Crippen LogP contribution in [0.15, 0.2) is 23.3 Å². The average Bonchev–Trinajstić information content (AvgIpc) is 2.93. The zero-order chi connectivity index (χ0) is 16.9. The third-order valence-corrected chi connectivity index (χ3v) is 7.56. The van der Waals surface area contributed by atoms with Crippen LogP contribution in [0.2, 0.25) is 0 Å². The van der Waals surface area contributed by atoms with Gasteiger partial charge >= 0.3 is 0 Å². The molecular formula is C20H28O3. The van der Waals surface area contributed by atoms with E-state index < -0.39 is 11.7 Å². The lowest BCUT2D eigenvalue weighted by molar-refractivity contribution is -0.123. The van der Waals surface area contributed by atoms with Crippen molar-refractivity contribution in [1.82, 2.24) is 0 Å². The highest BCUT2D eigenvalue weighted by molar-refractivity contribution is 6.02. The fraction of sp³-hybridized carbons (Fsp3) is 0.750. The fourth-order valence-corrected chi connectivity index (χ4v) is 6.20. The third-order valence-electron chi connectivity index (χ3n) is 7.56. The van der Waals surface area contributed by atoms with Gasteiger partial charge in [-0.3, -0.25) is 4.79 Å². The van der Waals surface area contributed by atoms with Crippen molar-refractivity contribution in [3.05, 3.63) is 23.3 Å². The molecule has 7 atom stereocenters. The van der Waals surface area contributed by atoms with Crippen LogP contribution in [0.4, 0.5) is 0 Å². The van der Waals surface area contributed by atoms with Gasteiger partial charge in [-0.15, -0.1) is 0 Å². The molecule has 4 aliphatic carbocycles. The number of aliphatic hydroxyl groups excluding tert-OH is 1. The molecule has 0 radical (unpaired) electrons. The molecule has 126 valence electrons. The Kier molecular flexibility index (Phi) is 2.96. The van der Waals surface area contributed by atoms with E-state index in [-0.39, 0.29) is 29.0 Å². The number of hydrogen-bond acceptors (Lipinski definition) is 3. The molecule has 3 heteroatoms. The van der Waals surface area contributed by atoms with Crippen molar-refractivity contribution in [3.63, 3.8) is 0 Å². The lowest BCUT2D eigenvalue weighted by atomic mass is 9.61. The number of aliphatic hydroxyl groups is 2. The van der Waals surface area contributed by atoms with Crippen molar-refractivity contribution >= 4 is 5.78 Å². The summed E-state index contributed by atoms with van der Waals surface area (Å²) in [4.78, 5) is 12.8. The summed E-state index contributed by atoms with van der Waals surface area (Å²) in [6, 6.07) is 0. The molecule has 0 unspecified atom stereocenters. The second-order valence-corrected chi connectivity index (χ2v) is 9.19. The summed E-state index contributed by atoms with van der Waals surface area (Å²) < 4.78 is 0. The molecule has 0 heterocycles. The predicted octanol–water partition coefficient (Wildman–Crippen LogP) is 2.87. The summed E-state index contributed by atoms with van der Waals surface area (Å²) in [5.74, 6) is 0.835. The number of allylic oxidation sites excluding steroid dienone is 2. The molecule has 2 fully saturated rings. The number of carbonyl (C=O) groups excluding carboxylic acids is 1. The van der Waals surface area contributed by atoms with Crippen LogP contribution in [0.5, 0.6) is 0 Å². The normalized spacial score (nSPS) is 51.0. The molecule has 0 amide bonds. The van der Waals surface area contributed by atoms with E-state index in [0.29, 0.717) is 18.3 Å². The maximum absolute atomic E-state index is 12.8. The standard InChI is InChI=1S/C20H28O3/c1-9-6-7-12-15(19(12,3)4)16-13(9)14-11(8-10(2)17(14)21)18(22)20(16,5)23/h10,12-13,15-16,18,22-23H,1,6-8H2,2-5H3/t10-,12+,13+,15+,16+,18+,20+/m0/s1. The molecule has 4 rings (SSSR count). The topological polar surface area (TPSA) is 57.5 Å². The van der Waals surface area contributed by atoms with Crippen LogP contribution in [0.3, 0.4) is 0 Å². The van der Waals surface area contributed by atoms with Crippen LogP contribution < -0.4 is 0 Å². The number of fused-ring (bicyclic) bond motifs is 4. The van der Waals surface area contributed by atoms with E-state index in [1.807, 2.05) is 6.92 Å². The van der Waals surface area contributed by atoms with Gasteiger partial charge in [0.25, 0.3) is 0 Å². The van der Waals surface area contributed by atoms with Crippen molar-refractivity contribution in [2.75, 3.05) is 0 Å². The summed E-state index contributed by atoms with van der Waals surface area (Å²) >= 11 is 0. The van der Waals surface area contributed by atoms with Gasteiger partial charge in [0, 0.05) is 23.3 Å². The molecule has 2 N–H and O–H groups in total. The molecule has 0 aromatic carbocycles. The maximum atomic E-state index is 12.8. The highest BCUT2D eigenvalue weighted by atomic mass is 16.3. The van der Waals surface area contributed by atoms with Gasteiger partial charge in [0.1, 0.15) is 6.10 Å². The van der Waals surface area contributed by atoms with Crippen molar-refractivity contribution in [2.45, 2.75) is 58.7 Å². The van der Waals surface area contributed by atoms with Crippen LogP contribution in [-0.2, 0) is 4.79 Å². The van der Waals surface area contributed by atoms with Gasteiger partial charge in [-0.05, 0) is 49.0 Å². The van der Waals surface area contributed by atoms with Gasteiger partial charge in [-0.25, -0.2) is 0 Å². The van der Waals surface area contributed by atoms with E-state index in [9.17, 15) is 15.0 Å². The Morgan fingerprint density at radius 3 is 2.52 bits per heavy atom. The van der Waals surface area contributed by atoms with Crippen LogP contribution >= 0.6 is 0 Å². The van der Waals surface area contributed by atoms with Crippen molar-refractivity contribution < 1.29 is 15.0 Å². The molecule has 0 aliphatic heterocycles. The van der Waals surface area contributed by atoms with Crippen molar-refractivity contribution in [1.29, 1.82) is 0 Å². The molecule has 4 aliphatic rings. The Hall–Kier alpha value is -0.930. The highest BCUT2D eigenvalue weighted by Gasteiger charge is 2.69. The van der Waals surface area contributed by atoms with E-state index in [0.717, 1.165) is 29.6 Å². The number of rotatable bonds is 0.